The molecule has 3 aromatic heterocycles. The van der Waals surface area contributed by atoms with Crippen LogP contribution >= 0.6 is 0 Å². The highest BCUT2D eigenvalue weighted by Crippen LogP contribution is 2.21. The van der Waals surface area contributed by atoms with Crippen molar-refractivity contribution in [2.45, 2.75) is 6.92 Å². The molecule has 0 aliphatic heterocycles. The summed E-state index contributed by atoms with van der Waals surface area (Å²) in [7, 11) is 1.63. The first-order valence-electron chi connectivity index (χ1n) is 8.98. The molecule has 1 N–H and O–H groups in total. The van der Waals surface area contributed by atoms with Crippen LogP contribution in [0.25, 0.3) is 11.5 Å². The fourth-order valence-electron chi connectivity index (χ4n) is 2.63. The molecule has 3 heterocycles. The van der Waals surface area contributed by atoms with E-state index >= 15 is 0 Å². The lowest BCUT2D eigenvalue weighted by atomic mass is 10.2. The highest BCUT2D eigenvalue weighted by molar-refractivity contribution is 5.59. The van der Waals surface area contributed by atoms with Crippen molar-refractivity contribution < 1.29 is 9.15 Å². The molecule has 6 heteroatoms. The number of oxazole rings is 1. The lowest BCUT2D eigenvalue weighted by molar-refractivity contribution is 0.415. The molecular weight excluding hydrogens is 364 g/mol. The number of pyridine rings is 2. The molecule has 0 radical (unpaired) electrons. The first-order valence-corrected chi connectivity index (χ1v) is 8.98. The molecule has 0 aliphatic carbocycles. The number of rotatable bonds is 4. The molecule has 29 heavy (non-hydrogen) atoms. The second kappa shape index (κ2) is 8.28. The topological polar surface area (TPSA) is 73.1 Å². The third-order valence-electron chi connectivity index (χ3n) is 4.08. The van der Waals surface area contributed by atoms with Crippen molar-refractivity contribution in [1.29, 1.82) is 0 Å². The third kappa shape index (κ3) is 4.60. The third-order valence-corrected chi connectivity index (χ3v) is 4.08. The Morgan fingerprint density at radius 1 is 0.966 bits per heavy atom. The Morgan fingerprint density at radius 3 is 2.62 bits per heavy atom. The van der Waals surface area contributed by atoms with E-state index in [4.69, 9.17) is 9.15 Å². The molecule has 0 saturated carbocycles. The van der Waals surface area contributed by atoms with Crippen LogP contribution in [0.1, 0.15) is 17.0 Å². The molecule has 0 fully saturated rings. The summed E-state index contributed by atoms with van der Waals surface area (Å²) >= 11 is 0. The number of aromatic nitrogens is 3. The van der Waals surface area contributed by atoms with Crippen LogP contribution in [0.15, 0.2) is 71.4 Å². The molecule has 4 rings (SSSR count). The van der Waals surface area contributed by atoms with Crippen LogP contribution in [-0.2, 0) is 0 Å². The standard InChI is InChI=1S/C23H18N4O2/c1-16-12-13-24-22(14-16)27-21-5-3-4-19(26-21)20-15-25-23(29-20)11-8-17-6-9-18(28-2)10-7-17/h3-7,9-10,12-15H,1-2H3,(H,24,26,27). The maximum atomic E-state index is 5.75. The van der Waals surface area contributed by atoms with Crippen LogP contribution in [0.5, 0.6) is 5.75 Å². The quantitative estimate of drug-likeness (QED) is 0.520. The normalized spacial score (nSPS) is 10.1. The molecular formula is C23H18N4O2. The van der Waals surface area contributed by atoms with Gasteiger partial charge in [-0.2, -0.15) is 0 Å². The fraction of sp³-hybridized carbons (Fsp3) is 0.0870. The van der Waals surface area contributed by atoms with E-state index in [0.717, 1.165) is 22.7 Å². The minimum Gasteiger partial charge on any atom is -0.497 e. The molecule has 0 unspecified atom stereocenters. The minimum absolute atomic E-state index is 0.330. The Morgan fingerprint density at radius 2 is 1.83 bits per heavy atom. The molecule has 0 atom stereocenters. The number of aryl methyl sites for hydroxylation is 1. The van der Waals surface area contributed by atoms with Crippen LogP contribution < -0.4 is 10.1 Å². The molecule has 0 spiro atoms. The van der Waals surface area contributed by atoms with Gasteiger partial charge in [-0.3, -0.25) is 0 Å². The molecule has 0 aliphatic rings. The van der Waals surface area contributed by atoms with E-state index in [1.54, 1.807) is 19.5 Å². The largest absolute Gasteiger partial charge is 0.497 e. The van der Waals surface area contributed by atoms with Crippen LogP contribution in [0.4, 0.5) is 11.6 Å². The summed E-state index contributed by atoms with van der Waals surface area (Å²) in [5.41, 5.74) is 2.63. The summed E-state index contributed by atoms with van der Waals surface area (Å²) in [4.78, 5) is 13.1. The Kier molecular flexibility index (Phi) is 5.21. The number of methoxy groups -OCH3 is 1. The molecule has 142 valence electrons. The van der Waals surface area contributed by atoms with Crippen LogP contribution in [0, 0.1) is 18.8 Å². The highest BCUT2D eigenvalue weighted by Gasteiger charge is 2.08. The van der Waals surface area contributed by atoms with Crippen molar-refractivity contribution >= 4 is 11.6 Å². The summed E-state index contributed by atoms with van der Waals surface area (Å²) < 4.78 is 10.9. The van der Waals surface area contributed by atoms with Gasteiger partial charge in [0.25, 0.3) is 5.89 Å². The average Bonchev–Trinajstić information content (AvgIpc) is 3.22. The number of hydrogen-bond acceptors (Lipinski definition) is 6. The van der Waals surface area contributed by atoms with E-state index in [1.165, 1.54) is 0 Å². The van der Waals surface area contributed by atoms with Crippen LogP contribution in [-0.4, -0.2) is 22.1 Å². The van der Waals surface area contributed by atoms with E-state index in [-0.39, 0.29) is 0 Å². The number of anilines is 2. The number of hydrogen-bond donors (Lipinski definition) is 1. The monoisotopic (exact) mass is 382 g/mol. The van der Waals surface area contributed by atoms with Crippen molar-refractivity contribution in [3.05, 3.63) is 84.0 Å². The predicted octanol–water partition coefficient (Wildman–Crippen LogP) is 4.59. The summed E-state index contributed by atoms with van der Waals surface area (Å²) in [6.07, 6.45) is 3.38. The Hall–Kier alpha value is -4.11. The zero-order valence-electron chi connectivity index (χ0n) is 16.0. The first-order chi connectivity index (χ1) is 14.2. The second-order valence-corrected chi connectivity index (χ2v) is 6.26. The van der Waals surface area contributed by atoms with Gasteiger partial charge in [0.2, 0.25) is 0 Å². The average molecular weight is 382 g/mol. The van der Waals surface area contributed by atoms with Crippen molar-refractivity contribution in [2.75, 3.05) is 12.4 Å². The van der Waals surface area contributed by atoms with E-state index in [0.29, 0.717) is 23.2 Å². The van der Waals surface area contributed by atoms with Crippen LogP contribution in [0.3, 0.4) is 0 Å². The lowest BCUT2D eigenvalue weighted by Crippen LogP contribution is -1.96. The zero-order chi connectivity index (χ0) is 20.1. The summed E-state index contributed by atoms with van der Waals surface area (Å²) in [6, 6.07) is 17.0. The SMILES string of the molecule is COc1ccc(C#Cc2ncc(-c3cccc(Nc4cc(C)ccn4)n3)o2)cc1. The van der Waals surface area contributed by atoms with E-state index in [9.17, 15) is 0 Å². The molecule has 0 bridgehead atoms. The minimum atomic E-state index is 0.330. The fourth-order valence-corrected chi connectivity index (χ4v) is 2.63. The van der Waals surface area contributed by atoms with E-state index in [2.05, 4.69) is 32.1 Å². The molecule has 4 aromatic rings. The number of benzene rings is 1. The van der Waals surface area contributed by atoms with Gasteiger partial charge in [0, 0.05) is 11.8 Å². The Balaban J connectivity index is 1.51. The van der Waals surface area contributed by atoms with Gasteiger partial charge < -0.3 is 14.5 Å². The smallest absolute Gasteiger partial charge is 0.274 e. The first kappa shape index (κ1) is 18.3. The molecule has 1 aromatic carbocycles. The summed E-state index contributed by atoms with van der Waals surface area (Å²) in [5.74, 6) is 9.02. The Labute approximate surface area is 168 Å². The zero-order valence-corrected chi connectivity index (χ0v) is 16.0. The highest BCUT2D eigenvalue weighted by atomic mass is 16.5. The maximum Gasteiger partial charge on any atom is 0.274 e. The van der Waals surface area contributed by atoms with Gasteiger partial charge in [-0.05, 0) is 66.9 Å². The van der Waals surface area contributed by atoms with Gasteiger partial charge in [0.1, 0.15) is 23.1 Å². The van der Waals surface area contributed by atoms with Crippen molar-refractivity contribution in [3.8, 4) is 29.0 Å². The summed E-state index contributed by atoms with van der Waals surface area (Å²) in [5, 5.41) is 3.20. The number of ether oxygens (including phenoxy) is 1. The van der Waals surface area contributed by atoms with Crippen LogP contribution in [0.2, 0.25) is 0 Å². The molecule has 6 nitrogen and oxygen atoms in total. The molecule has 0 saturated heterocycles. The van der Waals surface area contributed by atoms with Gasteiger partial charge in [-0.15, -0.1) is 0 Å². The van der Waals surface area contributed by atoms with Gasteiger partial charge in [0.05, 0.1) is 13.3 Å². The van der Waals surface area contributed by atoms with Gasteiger partial charge >= 0.3 is 0 Å². The van der Waals surface area contributed by atoms with E-state index < -0.39 is 0 Å². The van der Waals surface area contributed by atoms with Gasteiger partial charge in [-0.1, -0.05) is 12.0 Å². The van der Waals surface area contributed by atoms with Crippen molar-refractivity contribution in [2.24, 2.45) is 0 Å². The Bertz CT molecular complexity index is 1190. The van der Waals surface area contributed by atoms with Gasteiger partial charge in [0.15, 0.2) is 5.76 Å². The summed E-state index contributed by atoms with van der Waals surface area (Å²) in [6.45, 7) is 2.01. The number of nitrogens with zero attached hydrogens (tertiary/aromatic N) is 3. The second-order valence-electron chi connectivity index (χ2n) is 6.26. The van der Waals surface area contributed by atoms with Crippen molar-refractivity contribution in [3.63, 3.8) is 0 Å². The van der Waals surface area contributed by atoms with Gasteiger partial charge in [-0.25, -0.2) is 15.0 Å². The van der Waals surface area contributed by atoms with Crippen molar-refractivity contribution in [1.82, 2.24) is 15.0 Å². The predicted molar refractivity (Wildman–Crippen MR) is 111 cm³/mol. The maximum absolute atomic E-state index is 5.75. The number of nitrogens with one attached hydrogen (secondary N) is 1. The van der Waals surface area contributed by atoms with E-state index in [1.807, 2.05) is 61.5 Å². The molecule has 0 amide bonds. The lowest BCUT2D eigenvalue weighted by Gasteiger charge is -2.06.